The molecule has 4 nitrogen and oxygen atoms in total. The molecule has 0 saturated carbocycles. The summed E-state index contributed by atoms with van der Waals surface area (Å²) in [5.74, 6) is -0.184. The predicted octanol–water partition coefficient (Wildman–Crippen LogP) is 3.92. The van der Waals surface area contributed by atoms with Crippen molar-refractivity contribution in [3.05, 3.63) is 57.6 Å². The second-order valence-corrected chi connectivity index (χ2v) is 6.57. The fourth-order valence-electron chi connectivity index (χ4n) is 2.94. The van der Waals surface area contributed by atoms with Crippen LogP contribution in [-0.2, 0) is 11.2 Å². The standard InChI is InChI=1S/C18H17BrN2O2/c1-11-5-3-4-6-15(11)18(23)20-16-10-14(19)9-13-7-8-21(12(2)22)17(13)16/h3-6,9-10H,7-8H2,1-2H3,(H,20,23). The predicted molar refractivity (Wildman–Crippen MR) is 95.0 cm³/mol. The molecular formula is C18H17BrN2O2. The molecule has 118 valence electrons. The highest BCUT2D eigenvalue weighted by Gasteiger charge is 2.26. The van der Waals surface area contributed by atoms with Crippen LogP contribution in [0.4, 0.5) is 11.4 Å². The lowest BCUT2D eigenvalue weighted by Crippen LogP contribution is -2.27. The average Bonchev–Trinajstić information content (AvgIpc) is 2.91. The van der Waals surface area contributed by atoms with E-state index in [0.717, 1.165) is 27.7 Å². The average molecular weight is 373 g/mol. The van der Waals surface area contributed by atoms with Crippen LogP contribution in [0.15, 0.2) is 40.9 Å². The van der Waals surface area contributed by atoms with Gasteiger partial charge < -0.3 is 10.2 Å². The van der Waals surface area contributed by atoms with E-state index in [4.69, 9.17) is 0 Å². The van der Waals surface area contributed by atoms with Gasteiger partial charge >= 0.3 is 0 Å². The molecule has 0 fully saturated rings. The third-order valence-electron chi connectivity index (χ3n) is 4.05. The molecule has 1 aliphatic rings. The first kappa shape index (κ1) is 15.7. The normalized spacial score (nSPS) is 12.9. The second-order valence-electron chi connectivity index (χ2n) is 5.65. The summed E-state index contributed by atoms with van der Waals surface area (Å²) in [6.07, 6.45) is 0.793. The van der Waals surface area contributed by atoms with Crippen LogP contribution >= 0.6 is 15.9 Å². The maximum Gasteiger partial charge on any atom is 0.255 e. The zero-order valence-electron chi connectivity index (χ0n) is 13.0. The van der Waals surface area contributed by atoms with Gasteiger partial charge in [-0.1, -0.05) is 34.1 Å². The molecule has 1 aliphatic heterocycles. The van der Waals surface area contributed by atoms with Crippen molar-refractivity contribution in [2.75, 3.05) is 16.8 Å². The molecular weight excluding hydrogens is 356 g/mol. The fraction of sp³-hybridized carbons (Fsp3) is 0.222. The highest BCUT2D eigenvalue weighted by Crippen LogP contribution is 2.38. The number of fused-ring (bicyclic) bond motifs is 1. The van der Waals surface area contributed by atoms with Gasteiger partial charge in [0.05, 0.1) is 11.4 Å². The van der Waals surface area contributed by atoms with Gasteiger partial charge in [-0.3, -0.25) is 9.59 Å². The van der Waals surface area contributed by atoms with Gasteiger partial charge in [-0.25, -0.2) is 0 Å². The van der Waals surface area contributed by atoms with Crippen molar-refractivity contribution in [2.45, 2.75) is 20.3 Å². The van der Waals surface area contributed by atoms with E-state index in [1.54, 1.807) is 17.9 Å². The van der Waals surface area contributed by atoms with Crippen LogP contribution in [0, 0.1) is 6.92 Å². The van der Waals surface area contributed by atoms with Gasteiger partial charge in [-0.15, -0.1) is 0 Å². The molecule has 0 unspecified atom stereocenters. The summed E-state index contributed by atoms with van der Waals surface area (Å²) in [5, 5.41) is 2.96. The summed E-state index contributed by atoms with van der Waals surface area (Å²) in [5.41, 5.74) is 4.08. The Bertz CT molecular complexity index is 802. The summed E-state index contributed by atoms with van der Waals surface area (Å²) >= 11 is 3.48. The van der Waals surface area contributed by atoms with Crippen LogP contribution in [0.25, 0.3) is 0 Å². The Morgan fingerprint density at radius 3 is 2.65 bits per heavy atom. The first-order valence-corrected chi connectivity index (χ1v) is 8.24. The lowest BCUT2D eigenvalue weighted by Gasteiger charge is -2.19. The first-order chi connectivity index (χ1) is 11.0. The van der Waals surface area contributed by atoms with Gasteiger partial charge in [0.25, 0.3) is 5.91 Å². The van der Waals surface area contributed by atoms with Crippen molar-refractivity contribution in [3.63, 3.8) is 0 Å². The molecule has 0 aliphatic carbocycles. The minimum Gasteiger partial charge on any atom is -0.320 e. The minimum atomic E-state index is -0.168. The van der Waals surface area contributed by atoms with Gasteiger partial charge in [-0.2, -0.15) is 0 Å². The molecule has 2 aromatic carbocycles. The molecule has 0 radical (unpaired) electrons. The molecule has 0 bridgehead atoms. The zero-order valence-corrected chi connectivity index (χ0v) is 14.6. The Morgan fingerprint density at radius 2 is 1.96 bits per heavy atom. The van der Waals surface area contributed by atoms with Crippen molar-refractivity contribution in [1.82, 2.24) is 0 Å². The number of hydrogen-bond donors (Lipinski definition) is 1. The molecule has 0 spiro atoms. The number of amides is 2. The number of carbonyl (C=O) groups excluding carboxylic acids is 2. The number of benzene rings is 2. The Morgan fingerprint density at radius 1 is 1.22 bits per heavy atom. The van der Waals surface area contributed by atoms with E-state index in [9.17, 15) is 9.59 Å². The second kappa shape index (κ2) is 6.16. The van der Waals surface area contributed by atoms with Gasteiger partial charge in [0, 0.05) is 23.5 Å². The van der Waals surface area contributed by atoms with E-state index in [2.05, 4.69) is 21.2 Å². The Kier molecular flexibility index (Phi) is 4.22. The summed E-state index contributed by atoms with van der Waals surface area (Å²) < 4.78 is 0.890. The van der Waals surface area contributed by atoms with Crippen molar-refractivity contribution >= 4 is 39.1 Å². The molecule has 5 heteroatoms. The van der Waals surface area contributed by atoms with Crippen molar-refractivity contribution in [2.24, 2.45) is 0 Å². The smallest absolute Gasteiger partial charge is 0.255 e. The number of rotatable bonds is 2. The molecule has 3 rings (SSSR count). The molecule has 1 N–H and O–H groups in total. The van der Waals surface area contributed by atoms with Crippen LogP contribution in [0.2, 0.25) is 0 Å². The van der Waals surface area contributed by atoms with E-state index >= 15 is 0 Å². The van der Waals surface area contributed by atoms with E-state index in [0.29, 0.717) is 17.8 Å². The van der Waals surface area contributed by atoms with Crippen LogP contribution in [0.1, 0.15) is 28.4 Å². The number of nitrogens with zero attached hydrogens (tertiary/aromatic N) is 1. The molecule has 0 aromatic heterocycles. The summed E-state index contributed by atoms with van der Waals surface area (Å²) in [4.78, 5) is 26.2. The Balaban J connectivity index is 1.99. The number of halogens is 1. The third kappa shape index (κ3) is 3.01. The molecule has 0 atom stereocenters. The van der Waals surface area contributed by atoms with E-state index in [-0.39, 0.29) is 11.8 Å². The number of nitrogens with one attached hydrogen (secondary N) is 1. The summed E-state index contributed by atoms with van der Waals surface area (Å²) in [6.45, 7) is 4.10. The van der Waals surface area contributed by atoms with Gasteiger partial charge in [0.15, 0.2) is 0 Å². The molecule has 23 heavy (non-hydrogen) atoms. The molecule has 2 aromatic rings. The lowest BCUT2D eigenvalue weighted by atomic mass is 10.1. The van der Waals surface area contributed by atoms with Crippen LogP contribution < -0.4 is 10.2 Å². The summed E-state index contributed by atoms with van der Waals surface area (Å²) in [6, 6.07) is 11.3. The van der Waals surface area contributed by atoms with Gasteiger partial charge in [0.1, 0.15) is 0 Å². The fourth-order valence-corrected chi connectivity index (χ4v) is 3.44. The zero-order chi connectivity index (χ0) is 16.6. The van der Waals surface area contributed by atoms with E-state index in [1.165, 1.54) is 0 Å². The molecule has 0 saturated heterocycles. The highest BCUT2D eigenvalue weighted by molar-refractivity contribution is 9.10. The number of aryl methyl sites for hydroxylation is 1. The first-order valence-electron chi connectivity index (χ1n) is 7.45. The maximum absolute atomic E-state index is 12.6. The Labute approximate surface area is 143 Å². The molecule has 2 amide bonds. The molecule has 1 heterocycles. The van der Waals surface area contributed by atoms with E-state index < -0.39 is 0 Å². The minimum absolute atomic E-state index is 0.0162. The van der Waals surface area contributed by atoms with Crippen molar-refractivity contribution in [3.8, 4) is 0 Å². The van der Waals surface area contributed by atoms with Crippen LogP contribution in [0.3, 0.4) is 0 Å². The Hall–Kier alpha value is -2.14. The number of carbonyl (C=O) groups is 2. The highest BCUT2D eigenvalue weighted by atomic mass is 79.9. The topological polar surface area (TPSA) is 49.4 Å². The number of hydrogen-bond acceptors (Lipinski definition) is 2. The van der Waals surface area contributed by atoms with E-state index in [1.807, 2.05) is 37.3 Å². The van der Waals surface area contributed by atoms with Crippen molar-refractivity contribution < 1.29 is 9.59 Å². The largest absolute Gasteiger partial charge is 0.320 e. The maximum atomic E-state index is 12.6. The van der Waals surface area contributed by atoms with Gasteiger partial charge in [-0.05, 0) is 42.7 Å². The van der Waals surface area contributed by atoms with Crippen LogP contribution in [-0.4, -0.2) is 18.4 Å². The lowest BCUT2D eigenvalue weighted by molar-refractivity contribution is -0.116. The van der Waals surface area contributed by atoms with Crippen LogP contribution in [0.5, 0.6) is 0 Å². The monoisotopic (exact) mass is 372 g/mol. The number of anilines is 2. The van der Waals surface area contributed by atoms with Gasteiger partial charge in [0.2, 0.25) is 5.91 Å². The SMILES string of the molecule is CC(=O)N1CCc2cc(Br)cc(NC(=O)c3ccccc3C)c21. The third-order valence-corrected chi connectivity index (χ3v) is 4.50. The van der Waals surface area contributed by atoms with Crippen molar-refractivity contribution in [1.29, 1.82) is 0 Å². The summed E-state index contributed by atoms with van der Waals surface area (Å²) in [7, 11) is 0. The quantitative estimate of drug-likeness (QED) is 0.868.